The summed E-state index contributed by atoms with van der Waals surface area (Å²) in [5, 5.41) is 7.24. The number of nitrogens with one attached hydrogen (secondary N) is 2. The number of hydrogen-bond donors (Lipinski definition) is 2. The highest BCUT2D eigenvalue weighted by molar-refractivity contribution is 6.30. The molecule has 140 valence electrons. The van der Waals surface area contributed by atoms with Crippen molar-refractivity contribution in [3.05, 3.63) is 58.9 Å². The Hall–Kier alpha value is -2.99. The molecule has 7 heteroatoms. The van der Waals surface area contributed by atoms with Gasteiger partial charge in [-0.25, -0.2) is 9.97 Å². The van der Waals surface area contributed by atoms with Crippen molar-refractivity contribution in [2.45, 2.75) is 13.8 Å². The second-order valence-electron chi connectivity index (χ2n) is 5.96. The summed E-state index contributed by atoms with van der Waals surface area (Å²) in [6.07, 6.45) is 0. The minimum absolute atomic E-state index is 0.640. The summed E-state index contributed by atoms with van der Waals surface area (Å²) in [6, 6.07) is 13.1. The monoisotopic (exact) mass is 384 g/mol. The normalized spacial score (nSPS) is 10.4. The molecule has 0 aliphatic heterocycles. The molecule has 2 N–H and O–H groups in total. The van der Waals surface area contributed by atoms with Crippen LogP contribution in [0.3, 0.4) is 0 Å². The lowest BCUT2D eigenvalue weighted by atomic mass is 10.2. The fourth-order valence-electron chi connectivity index (χ4n) is 2.62. The van der Waals surface area contributed by atoms with E-state index in [0.717, 1.165) is 16.9 Å². The molecule has 0 bridgehead atoms. The number of aromatic nitrogens is 2. The van der Waals surface area contributed by atoms with Crippen molar-refractivity contribution in [1.29, 1.82) is 0 Å². The van der Waals surface area contributed by atoms with Crippen molar-refractivity contribution < 1.29 is 9.47 Å². The molecule has 0 unspecified atom stereocenters. The topological polar surface area (TPSA) is 68.3 Å². The molecule has 27 heavy (non-hydrogen) atoms. The van der Waals surface area contributed by atoms with E-state index in [4.69, 9.17) is 21.1 Å². The van der Waals surface area contributed by atoms with Crippen LogP contribution in [0.25, 0.3) is 0 Å². The Morgan fingerprint density at radius 3 is 2.22 bits per heavy atom. The lowest BCUT2D eigenvalue weighted by molar-refractivity contribution is 0.355. The van der Waals surface area contributed by atoms with Crippen LogP contribution in [0.1, 0.15) is 11.4 Å². The predicted octanol–water partition coefficient (Wildman–Crippen LogP) is 5.25. The molecule has 3 rings (SSSR count). The summed E-state index contributed by atoms with van der Waals surface area (Å²) >= 11 is 6.10. The van der Waals surface area contributed by atoms with Crippen LogP contribution in [-0.2, 0) is 0 Å². The number of nitrogens with zero attached hydrogens (tertiary/aromatic N) is 2. The number of methoxy groups -OCH3 is 2. The summed E-state index contributed by atoms with van der Waals surface area (Å²) in [7, 11) is 3.21. The maximum Gasteiger partial charge on any atom is 0.162 e. The zero-order chi connectivity index (χ0) is 19.4. The van der Waals surface area contributed by atoms with Crippen molar-refractivity contribution in [2.24, 2.45) is 0 Å². The lowest BCUT2D eigenvalue weighted by Gasteiger charge is -2.13. The van der Waals surface area contributed by atoms with Gasteiger partial charge in [0, 0.05) is 28.5 Å². The second-order valence-corrected chi connectivity index (χ2v) is 6.40. The van der Waals surface area contributed by atoms with Crippen LogP contribution in [0.5, 0.6) is 11.5 Å². The third-order valence-corrected chi connectivity index (χ3v) is 4.19. The number of rotatable bonds is 6. The number of anilines is 4. The van der Waals surface area contributed by atoms with E-state index in [1.54, 1.807) is 14.2 Å². The smallest absolute Gasteiger partial charge is 0.162 e. The highest BCUT2D eigenvalue weighted by atomic mass is 35.5. The van der Waals surface area contributed by atoms with Gasteiger partial charge in [-0.3, -0.25) is 0 Å². The lowest BCUT2D eigenvalue weighted by Crippen LogP contribution is -2.02. The fourth-order valence-corrected chi connectivity index (χ4v) is 2.80. The number of aryl methyl sites for hydroxylation is 2. The molecule has 0 aliphatic carbocycles. The Morgan fingerprint density at radius 1 is 0.815 bits per heavy atom. The van der Waals surface area contributed by atoms with Crippen LogP contribution >= 0.6 is 11.6 Å². The van der Waals surface area contributed by atoms with Gasteiger partial charge in [-0.05, 0) is 43.7 Å². The maximum atomic E-state index is 6.10. The van der Waals surface area contributed by atoms with E-state index in [2.05, 4.69) is 20.6 Å². The first-order chi connectivity index (χ1) is 13.0. The third-order valence-electron chi connectivity index (χ3n) is 3.96. The van der Waals surface area contributed by atoms with Gasteiger partial charge >= 0.3 is 0 Å². The average Bonchev–Trinajstić information content (AvgIpc) is 2.64. The molecule has 0 amide bonds. The fraction of sp³-hybridized carbons (Fsp3) is 0.200. The van der Waals surface area contributed by atoms with Gasteiger partial charge in [0.2, 0.25) is 0 Å². The molecule has 3 aromatic rings. The molecule has 0 fully saturated rings. The van der Waals surface area contributed by atoms with Crippen LogP contribution in [0.4, 0.5) is 23.0 Å². The zero-order valence-electron chi connectivity index (χ0n) is 15.6. The summed E-state index contributed by atoms with van der Waals surface area (Å²) in [4.78, 5) is 8.90. The Balaban J connectivity index is 1.86. The van der Waals surface area contributed by atoms with E-state index >= 15 is 0 Å². The first kappa shape index (κ1) is 18.8. The highest BCUT2D eigenvalue weighted by Gasteiger charge is 2.08. The summed E-state index contributed by atoms with van der Waals surface area (Å²) < 4.78 is 10.6. The van der Waals surface area contributed by atoms with Crippen LogP contribution in [-0.4, -0.2) is 24.2 Å². The molecule has 0 radical (unpaired) electrons. The first-order valence-electron chi connectivity index (χ1n) is 8.36. The third kappa shape index (κ3) is 4.60. The number of ether oxygens (including phenoxy) is 2. The Labute approximate surface area is 163 Å². The Bertz CT molecular complexity index is 963. The highest BCUT2D eigenvalue weighted by Crippen LogP contribution is 2.31. The molecule has 0 atom stereocenters. The molecule has 0 saturated carbocycles. The molecular formula is C20H21ClN4O2. The second kappa shape index (κ2) is 8.14. The van der Waals surface area contributed by atoms with Gasteiger partial charge < -0.3 is 20.1 Å². The molecule has 1 heterocycles. The van der Waals surface area contributed by atoms with Crippen LogP contribution in [0.2, 0.25) is 5.02 Å². The molecule has 0 spiro atoms. The molecule has 0 aliphatic rings. The summed E-state index contributed by atoms with van der Waals surface area (Å²) in [6.45, 7) is 3.85. The molecule has 0 saturated heterocycles. The van der Waals surface area contributed by atoms with Gasteiger partial charge in [0.25, 0.3) is 0 Å². The van der Waals surface area contributed by atoms with Gasteiger partial charge in [-0.15, -0.1) is 0 Å². The van der Waals surface area contributed by atoms with Crippen molar-refractivity contribution in [1.82, 2.24) is 9.97 Å². The van der Waals surface area contributed by atoms with E-state index < -0.39 is 0 Å². The minimum Gasteiger partial charge on any atom is -0.493 e. The number of benzene rings is 2. The molecular weight excluding hydrogens is 364 g/mol. The maximum absolute atomic E-state index is 6.10. The molecule has 6 nitrogen and oxygen atoms in total. The van der Waals surface area contributed by atoms with Crippen LogP contribution in [0.15, 0.2) is 42.5 Å². The quantitative estimate of drug-likeness (QED) is 0.604. The number of hydrogen-bond acceptors (Lipinski definition) is 6. The van der Waals surface area contributed by atoms with Crippen LogP contribution < -0.4 is 20.1 Å². The first-order valence-corrected chi connectivity index (χ1v) is 8.74. The van der Waals surface area contributed by atoms with Crippen molar-refractivity contribution in [3.63, 3.8) is 0 Å². The van der Waals surface area contributed by atoms with Crippen molar-refractivity contribution >= 4 is 34.6 Å². The van der Waals surface area contributed by atoms with Gasteiger partial charge in [0.05, 0.1) is 14.2 Å². The van der Waals surface area contributed by atoms with Gasteiger partial charge in [-0.1, -0.05) is 17.7 Å². The van der Waals surface area contributed by atoms with E-state index in [1.165, 1.54) is 0 Å². The zero-order valence-corrected chi connectivity index (χ0v) is 16.4. The van der Waals surface area contributed by atoms with E-state index in [-0.39, 0.29) is 0 Å². The average molecular weight is 385 g/mol. The summed E-state index contributed by atoms with van der Waals surface area (Å²) in [5.74, 6) is 3.29. The van der Waals surface area contributed by atoms with Crippen LogP contribution in [0, 0.1) is 13.8 Å². The van der Waals surface area contributed by atoms with E-state index in [1.807, 2.05) is 56.3 Å². The number of halogens is 1. The van der Waals surface area contributed by atoms with Gasteiger partial charge in [0.15, 0.2) is 11.5 Å². The predicted molar refractivity (Wildman–Crippen MR) is 109 cm³/mol. The van der Waals surface area contributed by atoms with Gasteiger partial charge in [-0.2, -0.15) is 0 Å². The van der Waals surface area contributed by atoms with Gasteiger partial charge in [0.1, 0.15) is 17.5 Å². The van der Waals surface area contributed by atoms with E-state index in [9.17, 15) is 0 Å². The Morgan fingerprint density at radius 2 is 1.52 bits per heavy atom. The SMILES string of the molecule is COc1ccc(Nc2cc(Nc3cc(Cl)ccc3C)nc(C)n2)cc1OC. The largest absolute Gasteiger partial charge is 0.493 e. The van der Waals surface area contributed by atoms with E-state index in [0.29, 0.717) is 34.0 Å². The van der Waals surface area contributed by atoms with Crippen molar-refractivity contribution in [3.8, 4) is 11.5 Å². The van der Waals surface area contributed by atoms with Crippen molar-refractivity contribution in [2.75, 3.05) is 24.9 Å². The molecule has 2 aromatic carbocycles. The summed E-state index contributed by atoms with van der Waals surface area (Å²) in [5.41, 5.74) is 2.80. The molecule has 1 aromatic heterocycles. The minimum atomic E-state index is 0.640. The Kier molecular flexibility index (Phi) is 5.66. The standard InChI is InChI=1S/C20H21ClN4O2/c1-12-5-6-14(21)9-16(12)25-20-11-19(22-13(2)23-20)24-15-7-8-17(26-3)18(10-15)27-4/h5-11H,1-4H3,(H2,22,23,24,25).